The lowest BCUT2D eigenvalue weighted by Gasteiger charge is -2.46. The Bertz CT molecular complexity index is 730. The van der Waals surface area contributed by atoms with Gasteiger partial charge in [0.05, 0.1) is 31.2 Å². The second-order valence-corrected chi connectivity index (χ2v) is 8.46. The summed E-state index contributed by atoms with van der Waals surface area (Å²) < 4.78 is 2.01. The second kappa shape index (κ2) is 7.84. The van der Waals surface area contributed by atoms with Gasteiger partial charge in [0.25, 0.3) is 0 Å². The van der Waals surface area contributed by atoms with Gasteiger partial charge in [-0.25, -0.2) is 9.67 Å². The maximum atomic E-state index is 12.6. The molecule has 2 bridgehead atoms. The third-order valence-electron chi connectivity index (χ3n) is 5.83. The third-order valence-corrected chi connectivity index (χ3v) is 6.52. The molecule has 26 heavy (non-hydrogen) atoms. The van der Waals surface area contributed by atoms with Crippen molar-refractivity contribution in [2.24, 2.45) is 11.8 Å². The second-order valence-electron chi connectivity index (χ2n) is 7.56. The molecular formula is C18H27N6OS+. The Hall–Kier alpha value is -1.80. The molecule has 0 aromatic carbocycles. The lowest BCUT2D eigenvalue weighted by atomic mass is 9.75. The Labute approximate surface area is 157 Å². The summed E-state index contributed by atoms with van der Waals surface area (Å²) in [6.45, 7) is 5.18. The first-order chi connectivity index (χ1) is 12.7. The van der Waals surface area contributed by atoms with Gasteiger partial charge in [0.2, 0.25) is 5.91 Å². The van der Waals surface area contributed by atoms with Crippen molar-refractivity contribution in [3.63, 3.8) is 0 Å². The largest absolute Gasteiger partial charge is 0.330 e. The summed E-state index contributed by atoms with van der Waals surface area (Å²) in [7, 11) is 0. The number of amides is 1. The summed E-state index contributed by atoms with van der Waals surface area (Å²) in [5, 5.41) is 14.2. The molecular weight excluding hydrogens is 348 g/mol. The van der Waals surface area contributed by atoms with E-state index >= 15 is 0 Å². The first-order valence-electron chi connectivity index (χ1n) is 9.67. The van der Waals surface area contributed by atoms with Gasteiger partial charge in [-0.1, -0.05) is 18.6 Å². The van der Waals surface area contributed by atoms with Crippen molar-refractivity contribution in [3.8, 4) is 0 Å². The SMILES string of the molecule is CCCCc1cn(C[C@H]2C[C@H]3CC[NH+]2C[C@@H]3C(=O)Nc2nccs2)nn1. The van der Waals surface area contributed by atoms with Crippen molar-refractivity contribution in [1.82, 2.24) is 20.0 Å². The van der Waals surface area contributed by atoms with E-state index in [0.29, 0.717) is 17.1 Å². The molecule has 2 N–H and O–H groups in total. The van der Waals surface area contributed by atoms with Gasteiger partial charge in [0.1, 0.15) is 6.04 Å². The van der Waals surface area contributed by atoms with Crippen molar-refractivity contribution in [2.75, 3.05) is 18.4 Å². The van der Waals surface area contributed by atoms with Crippen molar-refractivity contribution >= 4 is 22.4 Å². The third kappa shape index (κ3) is 3.81. The molecule has 7 nitrogen and oxygen atoms in total. The number of quaternary nitrogens is 1. The maximum Gasteiger partial charge on any atom is 0.235 e. The highest BCUT2D eigenvalue weighted by molar-refractivity contribution is 7.13. The molecule has 0 aliphatic carbocycles. The smallest absolute Gasteiger partial charge is 0.235 e. The van der Waals surface area contributed by atoms with Gasteiger partial charge in [-0.05, 0) is 18.8 Å². The summed E-state index contributed by atoms with van der Waals surface area (Å²) >= 11 is 1.48. The lowest BCUT2D eigenvalue weighted by molar-refractivity contribution is -0.945. The first kappa shape index (κ1) is 17.6. The van der Waals surface area contributed by atoms with E-state index < -0.39 is 0 Å². The van der Waals surface area contributed by atoms with E-state index in [9.17, 15) is 4.79 Å². The summed E-state index contributed by atoms with van der Waals surface area (Å²) in [6.07, 6.45) is 9.42. The number of aryl methyl sites for hydroxylation is 1. The summed E-state index contributed by atoms with van der Waals surface area (Å²) in [5.41, 5.74) is 1.10. The van der Waals surface area contributed by atoms with Gasteiger partial charge < -0.3 is 10.2 Å². The first-order valence-corrected chi connectivity index (χ1v) is 10.5. The molecule has 3 fully saturated rings. The minimum absolute atomic E-state index is 0.106. The summed E-state index contributed by atoms with van der Waals surface area (Å²) in [6, 6.07) is 0.540. The lowest BCUT2D eigenvalue weighted by Crippen LogP contribution is -3.20. The number of piperidine rings is 3. The average molecular weight is 376 g/mol. The molecule has 2 aromatic heterocycles. The van der Waals surface area contributed by atoms with Gasteiger partial charge in [-0.15, -0.1) is 16.4 Å². The van der Waals surface area contributed by atoms with Crippen LogP contribution in [-0.4, -0.2) is 45.0 Å². The Morgan fingerprint density at radius 1 is 1.50 bits per heavy atom. The van der Waals surface area contributed by atoms with E-state index in [1.54, 1.807) is 6.20 Å². The minimum atomic E-state index is 0.106. The predicted molar refractivity (Wildman–Crippen MR) is 100 cm³/mol. The van der Waals surface area contributed by atoms with Crippen LogP contribution in [0.25, 0.3) is 0 Å². The Balaban J connectivity index is 1.34. The quantitative estimate of drug-likeness (QED) is 0.757. The number of carbonyl (C=O) groups excluding carboxylic acids is 1. The van der Waals surface area contributed by atoms with Crippen molar-refractivity contribution in [3.05, 3.63) is 23.5 Å². The van der Waals surface area contributed by atoms with Crippen molar-refractivity contribution in [1.29, 1.82) is 0 Å². The highest BCUT2D eigenvalue weighted by Gasteiger charge is 2.46. The molecule has 140 valence electrons. The topological polar surface area (TPSA) is 77.1 Å². The van der Waals surface area contributed by atoms with Gasteiger partial charge >= 0.3 is 0 Å². The highest BCUT2D eigenvalue weighted by atomic mass is 32.1. The van der Waals surface area contributed by atoms with Crippen molar-refractivity contribution < 1.29 is 9.69 Å². The zero-order valence-corrected chi connectivity index (χ0v) is 16.0. The van der Waals surface area contributed by atoms with Crippen LogP contribution >= 0.6 is 11.3 Å². The number of aromatic nitrogens is 4. The summed E-state index contributed by atoms with van der Waals surface area (Å²) in [5.74, 6) is 0.721. The fraction of sp³-hybridized carbons (Fsp3) is 0.667. The van der Waals surface area contributed by atoms with E-state index in [1.165, 1.54) is 22.7 Å². The fourth-order valence-corrected chi connectivity index (χ4v) is 4.96. The number of anilines is 1. The zero-order valence-electron chi connectivity index (χ0n) is 15.2. The number of carbonyl (C=O) groups is 1. The van der Waals surface area contributed by atoms with Crippen LogP contribution in [0.15, 0.2) is 17.8 Å². The molecule has 3 saturated heterocycles. The molecule has 1 amide bonds. The molecule has 1 unspecified atom stereocenters. The molecule has 2 aromatic rings. The van der Waals surface area contributed by atoms with E-state index in [2.05, 4.69) is 33.7 Å². The Morgan fingerprint density at radius 2 is 2.42 bits per heavy atom. The zero-order chi connectivity index (χ0) is 17.9. The molecule has 4 atom stereocenters. The highest BCUT2D eigenvalue weighted by Crippen LogP contribution is 2.28. The van der Waals surface area contributed by atoms with E-state index in [0.717, 1.165) is 51.0 Å². The van der Waals surface area contributed by atoms with Crippen LogP contribution in [0.4, 0.5) is 5.13 Å². The molecule has 5 rings (SSSR count). The average Bonchev–Trinajstić information content (AvgIpc) is 3.32. The molecule has 0 saturated carbocycles. The van der Waals surface area contributed by atoms with E-state index in [-0.39, 0.29) is 11.8 Å². The predicted octanol–water partition coefficient (Wildman–Crippen LogP) is 1.01. The number of hydrogen-bond acceptors (Lipinski definition) is 5. The molecule has 5 heterocycles. The van der Waals surface area contributed by atoms with Crippen LogP contribution < -0.4 is 10.2 Å². The number of fused-ring (bicyclic) bond motifs is 3. The van der Waals surface area contributed by atoms with Crippen LogP contribution in [0, 0.1) is 11.8 Å². The number of nitrogens with zero attached hydrogens (tertiary/aromatic N) is 4. The van der Waals surface area contributed by atoms with Gasteiger partial charge in [0, 0.05) is 30.6 Å². The maximum absolute atomic E-state index is 12.6. The number of nitrogens with one attached hydrogen (secondary N) is 2. The number of rotatable bonds is 7. The van der Waals surface area contributed by atoms with Gasteiger partial charge in [0.15, 0.2) is 5.13 Å². The number of thiazole rings is 1. The van der Waals surface area contributed by atoms with Crippen LogP contribution in [0.2, 0.25) is 0 Å². The molecule has 8 heteroatoms. The number of unbranched alkanes of at least 4 members (excludes halogenated alkanes) is 1. The monoisotopic (exact) mass is 375 g/mol. The van der Waals surface area contributed by atoms with Gasteiger partial charge in [-0.3, -0.25) is 4.79 Å². The van der Waals surface area contributed by atoms with Crippen LogP contribution in [0.3, 0.4) is 0 Å². The normalized spacial score (nSPS) is 27.6. The molecule has 3 aliphatic heterocycles. The van der Waals surface area contributed by atoms with Crippen LogP contribution in [0.1, 0.15) is 38.3 Å². The number of hydrogen-bond donors (Lipinski definition) is 2. The van der Waals surface area contributed by atoms with Crippen LogP contribution in [-0.2, 0) is 17.8 Å². The Kier molecular flexibility index (Phi) is 5.31. The van der Waals surface area contributed by atoms with E-state index in [4.69, 9.17) is 0 Å². The standard InChI is InChI=1S/C18H26N6OS/c1-2-3-4-14-10-24(22-21-14)11-15-9-13-5-7-23(15)12-16(13)17(25)20-18-19-6-8-26-18/h6,8,10,13,15-16H,2-5,7,9,11-12H2,1H3,(H,19,20,25)/p+1/t13-,15-,16+/m1/s1. The van der Waals surface area contributed by atoms with E-state index in [1.807, 2.05) is 10.1 Å². The van der Waals surface area contributed by atoms with Crippen LogP contribution in [0.5, 0.6) is 0 Å². The summed E-state index contributed by atoms with van der Waals surface area (Å²) in [4.78, 5) is 18.3. The molecule has 0 spiro atoms. The van der Waals surface area contributed by atoms with Gasteiger partial charge in [-0.2, -0.15) is 0 Å². The van der Waals surface area contributed by atoms with Crippen molar-refractivity contribution in [2.45, 2.75) is 51.6 Å². The Morgan fingerprint density at radius 3 is 3.15 bits per heavy atom. The minimum Gasteiger partial charge on any atom is -0.330 e. The molecule has 3 aliphatic rings. The molecule has 0 radical (unpaired) electrons. The fourth-order valence-electron chi connectivity index (χ4n) is 4.43.